The van der Waals surface area contributed by atoms with Crippen molar-refractivity contribution in [3.8, 4) is 0 Å². The lowest BCUT2D eigenvalue weighted by atomic mass is 10.1. The van der Waals surface area contributed by atoms with Gasteiger partial charge in [0.05, 0.1) is 5.75 Å². The second-order valence-corrected chi connectivity index (χ2v) is 7.28. The number of carbonyl (C=O) groups is 1. The van der Waals surface area contributed by atoms with Gasteiger partial charge in [0.1, 0.15) is 5.60 Å². The average Bonchev–Trinajstić information content (AvgIpc) is 2.29. The van der Waals surface area contributed by atoms with Crippen LogP contribution < -0.4 is 5.73 Å². The summed E-state index contributed by atoms with van der Waals surface area (Å²) >= 11 is 4.91. The Kier molecular flexibility index (Phi) is 6.36. The Balaban J connectivity index is 2.54. The van der Waals surface area contributed by atoms with Crippen LogP contribution in [0.15, 0.2) is 28.7 Å². The van der Waals surface area contributed by atoms with Gasteiger partial charge in [0.2, 0.25) is 0 Å². The van der Waals surface area contributed by atoms with Crippen molar-refractivity contribution in [2.45, 2.75) is 31.6 Å². The Morgan fingerprint density at radius 3 is 2.42 bits per heavy atom. The fraction of sp³-hybridized carbons (Fsp3) is 0.500. The lowest BCUT2D eigenvalue weighted by molar-refractivity contribution is -0.151. The summed E-state index contributed by atoms with van der Waals surface area (Å²) in [5.41, 5.74) is 6.46. The highest BCUT2D eigenvalue weighted by molar-refractivity contribution is 9.10. The molecule has 106 valence electrons. The Morgan fingerprint density at radius 2 is 1.95 bits per heavy atom. The van der Waals surface area contributed by atoms with Crippen LogP contribution in [-0.4, -0.2) is 23.9 Å². The fourth-order valence-electron chi connectivity index (χ4n) is 1.52. The van der Waals surface area contributed by atoms with E-state index in [2.05, 4.69) is 15.9 Å². The van der Waals surface area contributed by atoms with E-state index in [9.17, 15) is 4.79 Å². The van der Waals surface area contributed by atoms with Crippen molar-refractivity contribution in [2.75, 3.05) is 12.3 Å². The van der Waals surface area contributed by atoms with E-state index in [0.29, 0.717) is 12.3 Å². The number of thioether (sulfide) groups is 1. The molecule has 0 aliphatic heterocycles. The molecule has 2 N–H and O–H groups in total. The Hall–Kier alpha value is -0.520. The number of benzene rings is 1. The lowest BCUT2D eigenvalue weighted by Crippen LogP contribution is -2.25. The number of nitrogens with two attached hydrogens (primary N) is 1. The molecule has 0 spiro atoms. The summed E-state index contributed by atoms with van der Waals surface area (Å²) in [6, 6.07) is 7.99. The molecule has 1 aromatic carbocycles. The van der Waals surface area contributed by atoms with Crippen molar-refractivity contribution in [1.82, 2.24) is 0 Å². The van der Waals surface area contributed by atoms with Gasteiger partial charge in [-0.1, -0.05) is 28.1 Å². The highest BCUT2D eigenvalue weighted by Gasteiger charge is 2.18. The van der Waals surface area contributed by atoms with E-state index < -0.39 is 5.60 Å². The molecule has 0 heterocycles. The van der Waals surface area contributed by atoms with E-state index in [1.54, 1.807) is 0 Å². The number of hydrogen-bond donors (Lipinski definition) is 1. The van der Waals surface area contributed by atoms with Crippen LogP contribution in [0.4, 0.5) is 0 Å². The van der Waals surface area contributed by atoms with Gasteiger partial charge >= 0.3 is 5.97 Å². The van der Waals surface area contributed by atoms with Crippen molar-refractivity contribution in [3.05, 3.63) is 34.3 Å². The number of esters is 1. The van der Waals surface area contributed by atoms with Gasteiger partial charge in [-0.15, -0.1) is 11.8 Å². The largest absolute Gasteiger partial charge is 0.459 e. The maximum atomic E-state index is 11.7. The van der Waals surface area contributed by atoms with Gasteiger partial charge in [0.25, 0.3) is 0 Å². The van der Waals surface area contributed by atoms with Crippen molar-refractivity contribution < 1.29 is 9.53 Å². The van der Waals surface area contributed by atoms with Crippen LogP contribution >= 0.6 is 27.7 Å². The SMILES string of the molecule is CC(C)(C)OC(=O)CSC(CN)c1ccc(Br)cc1. The van der Waals surface area contributed by atoms with E-state index in [0.717, 1.165) is 10.0 Å². The van der Waals surface area contributed by atoms with Crippen LogP contribution in [0.1, 0.15) is 31.6 Å². The number of rotatable bonds is 5. The third kappa shape index (κ3) is 6.45. The molecule has 0 amide bonds. The zero-order valence-electron chi connectivity index (χ0n) is 11.5. The maximum Gasteiger partial charge on any atom is 0.316 e. The lowest BCUT2D eigenvalue weighted by Gasteiger charge is -2.20. The molecular formula is C14H20BrNO2S. The summed E-state index contributed by atoms with van der Waals surface area (Å²) in [6.07, 6.45) is 0. The van der Waals surface area contributed by atoms with E-state index in [4.69, 9.17) is 10.5 Å². The highest BCUT2D eigenvalue weighted by Crippen LogP contribution is 2.29. The first-order valence-electron chi connectivity index (χ1n) is 6.11. The van der Waals surface area contributed by atoms with Gasteiger partial charge in [-0.25, -0.2) is 0 Å². The Bertz CT molecular complexity index is 414. The molecule has 0 saturated heterocycles. The smallest absolute Gasteiger partial charge is 0.316 e. The molecule has 19 heavy (non-hydrogen) atoms. The number of hydrogen-bond acceptors (Lipinski definition) is 4. The molecule has 0 saturated carbocycles. The predicted octanol–water partition coefficient (Wildman–Crippen LogP) is 3.52. The standard InChI is InChI=1S/C14H20BrNO2S/c1-14(2,3)18-13(17)9-19-12(8-16)10-4-6-11(15)7-5-10/h4-7,12H,8-9,16H2,1-3H3. The van der Waals surface area contributed by atoms with E-state index in [1.165, 1.54) is 11.8 Å². The predicted molar refractivity (Wildman–Crippen MR) is 84.2 cm³/mol. The van der Waals surface area contributed by atoms with Gasteiger partial charge in [-0.2, -0.15) is 0 Å². The third-order valence-electron chi connectivity index (χ3n) is 2.28. The number of carbonyl (C=O) groups excluding carboxylic acids is 1. The van der Waals surface area contributed by atoms with E-state index >= 15 is 0 Å². The monoisotopic (exact) mass is 345 g/mol. The van der Waals surface area contributed by atoms with Crippen molar-refractivity contribution in [3.63, 3.8) is 0 Å². The first-order valence-corrected chi connectivity index (χ1v) is 7.95. The average molecular weight is 346 g/mol. The van der Waals surface area contributed by atoms with Crippen LogP contribution in [0.2, 0.25) is 0 Å². The molecule has 1 rings (SSSR count). The van der Waals surface area contributed by atoms with Crippen molar-refractivity contribution in [1.29, 1.82) is 0 Å². The molecule has 3 nitrogen and oxygen atoms in total. The summed E-state index contributed by atoms with van der Waals surface area (Å²) in [7, 11) is 0. The zero-order valence-corrected chi connectivity index (χ0v) is 13.9. The van der Waals surface area contributed by atoms with Gasteiger partial charge in [-0.3, -0.25) is 4.79 Å². The second kappa shape index (κ2) is 7.31. The van der Waals surface area contributed by atoms with Gasteiger partial charge in [0, 0.05) is 16.3 Å². The van der Waals surface area contributed by atoms with E-state index in [-0.39, 0.29) is 11.2 Å². The van der Waals surface area contributed by atoms with Crippen molar-refractivity contribution >= 4 is 33.7 Å². The first kappa shape index (κ1) is 16.5. The number of halogens is 1. The fourth-order valence-corrected chi connectivity index (χ4v) is 2.66. The molecule has 1 atom stereocenters. The van der Waals surface area contributed by atoms with Crippen molar-refractivity contribution in [2.24, 2.45) is 5.73 Å². The normalized spacial score (nSPS) is 13.1. The van der Waals surface area contributed by atoms with Crippen LogP contribution in [0.25, 0.3) is 0 Å². The molecule has 1 unspecified atom stereocenters. The summed E-state index contributed by atoms with van der Waals surface area (Å²) in [5, 5.41) is 0.112. The molecule has 5 heteroatoms. The first-order chi connectivity index (χ1) is 8.81. The van der Waals surface area contributed by atoms with Crippen LogP contribution in [0.5, 0.6) is 0 Å². The van der Waals surface area contributed by atoms with Gasteiger partial charge < -0.3 is 10.5 Å². The third-order valence-corrected chi connectivity index (χ3v) is 4.08. The number of ether oxygens (including phenoxy) is 1. The van der Waals surface area contributed by atoms with E-state index in [1.807, 2.05) is 45.0 Å². The second-order valence-electron chi connectivity index (χ2n) is 5.17. The molecule has 0 bridgehead atoms. The Morgan fingerprint density at radius 1 is 1.37 bits per heavy atom. The molecule has 0 aromatic heterocycles. The molecule has 0 fully saturated rings. The summed E-state index contributed by atoms with van der Waals surface area (Å²) in [6.45, 7) is 6.09. The minimum atomic E-state index is -0.437. The van der Waals surface area contributed by atoms with Crippen LogP contribution in [0.3, 0.4) is 0 Å². The Labute approximate surface area is 127 Å². The highest BCUT2D eigenvalue weighted by atomic mass is 79.9. The van der Waals surface area contributed by atoms with Crippen LogP contribution in [-0.2, 0) is 9.53 Å². The minimum Gasteiger partial charge on any atom is -0.459 e. The molecule has 1 aromatic rings. The summed E-state index contributed by atoms with van der Waals surface area (Å²) < 4.78 is 6.31. The summed E-state index contributed by atoms with van der Waals surface area (Å²) in [4.78, 5) is 11.7. The molecular weight excluding hydrogens is 326 g/mol. The molecule has 0 aliphatic rings. The van der Waals surface area contributed by atoms with Crippen LogP contribution in [0, 0.1) is 0 Å². The topological polar surface area (TPSA) is 52.3 Å². The zero-order chi connectivity index (χ0) is 14.5. The maximum absolute atomic E-state index is 11.7. The molecule has 0 radical (unpaired) electrons. The van der Waals surface area contributed by atoms with Gasteiger partial charge in [0.15, 0.2) is 0 Å². The molecule has 0 aliphatic carbocycles. The minimum absolute atomic E-state index is 0.112. The summed E-state index contributed by atoms with van der Waals surface area (Å²) in [5.74, 6) is 0.114. The quantitative estimate of drug-likeness (QED) is 0.829. The van der Waals surface area contributed by atoms with Gasteiger partial charge in [-0.05, 0) is 38.5 Å².